The summed E-state index contributed by atoms with van der Waals surface area (Å²) >= 11 is 0. The van der Waals surface area contributed by atoms with Crippen LogP contribution in [-0.4, -0.2) is 14.4 Å². The van der Waals surface area contributed by atoms with Crippen LogP contribution < -0.4 is 5.69 Å². The first kappa shape index (κ1) is 10.1. The molecule has 0 saturated carbocycles. The van der Waals surface area contributed by atoms with Crippen molar-refractivity contribution < 1.29 is 0 Å². The number of H-pyrrole nitrogens is 1. The Bertz CT molecular complexity index is 752. The summed E-state index contributed by atoms with van der Waals surface area (Å²) in [6.07, 6.45) is 3.62. The Hall–Kier alpha value is -2.10. The summed E-state index contributed by atoms with van der Waals surface area (Å²) in [6, 6.07) is 5.75. The number of nitrogens with zero attached hydrogens (tertiary/aromatic N) is 2. The number of aromatic amines is 1. The highest BCUT2D eigenvalue weighted by atomic mass is 16.1. The molecular weight excluding hydrogens is 214 g/mol. The van der Waals surface area contributed by atoms with Gasteiger partial charge in [0.05, 0.1) is 11.0 Å². The summed E-state index contributed by atoms with van der Waals surface area (Å²) in [6.45, 7) is 4.22. The normalized spacial score (nSPS) is 11.7. The van der Waals surface area contributed by atoms with Gasteiger partial charge < -0.3 is 4.98 Å². The van der Waals surface area contributed by atoms with Crippen molar-refractivity contribution >= 4 is 16.6 Å². The van der Waals surface area contributed by atoms with E-state index < -0.39 is 0 Å². The van der Waals surface area contributed by atoms with Crippen LogP contribution in [-0.2, 0) is 0 Å². The van der Waals surface area contributed by atoms with Crippen LogP contribution in [0.5, 0.6) is 0 Å². The molecule has 0 aromatic carbocycles. The maximum Gasteiger partial charge on any atom is 0.330 e. The molecule has 1 N–H and O–H groups in total. The van der Waals surface area contributed by atoms with E-state index in [2.05, 4.69) is 23.8 Å². The van der Waals surface area contributed by atoms with E-state index in [0.29, 0.717) is 5.92 Å². The third-order valence-electron chi connectivity index (χ3n) is 3.03. The molecule has 3 heterocycles. The summed E-state index contributed by atoms with van der Waals surface area (Å²) < 4.78 is 1.57. The highest BCUT2D eigenvalue weighted by Crippen LogP contribution is 2.19. The zero-order valence-corrected chi connectivity index (χ0v) is 9.77. The van der Waals surface area contributed by atoms with E-state index in [0.717, 1.165) is 22.1 Å². The molecule has 0 unspecified atom stereocenters. The monoisotopic (exact) mass is 227 g/mol. The van der Waals surface area contributed by atoms with Crippen LogP contribution in [0.2, 0.25) is 0 Å². The van der Waals surface area contributed by atoms with Gasteiger partial charge in [0.1, 0.15) is 5.52 Å². The van der Waals surface area contributed by atoms with Crippen LogP contribution in [0.4, 0.5) is 0 Å². The number of hydrogen-bond donors (Lipinski definition) is 1. The number of pyridine rings is 1. The quantitative estimate of drug-likeness (QED) is 0.693. The van der Waals surface area contributed by atoms with Crippen LogP contribution in [0.15, 0.2) is 35.4 Å². The Morgan fingerprint density at radius 2 is 2.24 bits per heavy atom. The average molecular weight is 227 g/mol. The molecule has 0 bridgehead atoms. The molecule has 0 saturated heterocycles. The van der Waals surface area contributed by atoms with Gasteiger partial charge >= 0.3 is 5.69 Å². The predicted molar refractivity (Wildman–Crippen MR) is 67.4 cm³/mol. The first-order valence-corrected chi connectivity index (χ1v) is 5.66. The van der Waals surface area contributed by atoms with Gasteiger partial charge in [-0.25, -0.2) is 4.79 Å². The second-order valence-corrected chi connectivity index (χ2v) is 4.51. The summed E-state index contributed by atoms with van der Waals surface area (Å²) in [5.74, 6) is 0.401. The minimum atomic E-state index is -0.125. The SMILES string of the molecule is CC(C)c1cnc2c(c1)[nH]c(=O)n1cccc21. The standard InChI is InChI=1S/C13H13N3O/c1-8(2)9-6-10-12(14-7-9)11-4-3-5-16(11)13(17)15-10/h3-8H,1-2H3,(H,15,17). The van der Waals surface area contributed by atoms with E-state index in [9.17, 15) is 4.79 Å². The van der Waals surface area contributed by atoms with Crippen LogP contribution in [0, 0.1) is 0 Å². The summed E-state index contributed by atoms with van der Waals surface area (Å²) in [4.78, 5) is 19.1. The predicted octanol–water partition coefficient (Wildman–Crippen LogP) is 2.30. The van der Waals surface area contributed by atoms with Crippen LogP contribution >= 0.6 is 0 Å². The van der Waals surface area contributed by atoms with Gasteiger partial charge in [-0.1, -0.05) is 13.8 Å². The van der Waals surface area contributed by atoms with Crippen molar-refractivity contribution in [2.24, 2.45) is 0 Å². The molecule has 0 atom stereocenters. The van der Waals surface area contributed by atoms with Gasteiger partial charge in [-0.15, -0.1) is 0 Å². The lowest BCUT2D eigenvalue weighted by Crippen LogP contribution is -2.15. The molecule has 3 aromatic heterocycles. The van der Waals surface area contributed by atoms with Gasteiger partial charge in [0.15, 0.2) is 0 Å². The highest BCUT2D eigenvalue weighted by Gasteiger charge is 2.07. The number of aromatic nitrogens is 3. The number of fused-ring (bicyclic) bond motifs is 3. The molecule has 0 aliphatic rings. The Morgan fingerprint density at radius 1 is 1.41 bits per heavy atom. The molecule has 0 radical (unpaired) electrons. The molecule has 17 heavy (non-hydrogen) atoms. The van der Waals surface area contributed by atoms with Gasteiger partial charge in [-0.05, 0) is 29.7 Å². The third-order valence-corrected chi connectivity index (χ3v) is 3.03. The minimum absolute atomic E-state index is 0.125. The fraction of sp³-hybridized carbons (Fsp3) is 0.231. The molecule has 0 spiro atoms. The lowest BCUT2D eigenvalue weighted by Gasteiger charge is -2.06. The molecular formula is C13H13N3O. The topological polar surface area (TPSA) is 50.2 Å². The van der Waals surface area contributed by atoms with Gasteiger partial charge in [0, 0.05) is 12.4 Å². The van der Waals surface area contributed by atoms with E-state index in [1.165, 1.54) is 0 Å². The lowest BCUT2D eigenvalue weighted by molar-refractivity contribution is 0.860. The van der Waals surface area contributed by atoms with Gasteiger partial charge in [0.2, 0.25) is 0 Å². The average Bonchev–Trinajstić information content (AvgIpc) is 2.78. The van der Waals surface area contributed by atoms with Crippen molar-refractivity contribution in [3.63, 3.8) is 0 Å². The lowest BCUT2D eigenvalue weighted by atomic mass is 10.1. The zero-order chi connectivity index (χ0) is 12.0. The third kappa shape index (κ3) is 1.45. The van der Waals surface area contributed by atoms with Crippen LogP contribution in [0.3, 0.4) is 0 Å². The first-order valence-electron chi connectivity index (χ1n) is 5.66. The largest absolute Gasteiger partial charge is 0.330 e. The van der Waals surface area contributed by atoms with Gasteiger partial charge in [-0.2, -0.15) is 0 Å². The summed E-state index contributed by atoms with van der Waals surface area (Å²) in [5.41, 5.74) is 3.48. The Morgan fingerprint density at radius 3 is 3.00 bits per heavy atom. The smallest absolute Gasteiger partial charge is 0.305 e. The molecule has 3 rings (SSSR count). The Balaban J connectivity index is 2.46. The molecule has 0 amide bonds. The van der Waals surface area contributed by atoms with Crippen molar-refractivity contribution in [3.8, 4) is 0 Å². The van der Waals surface area contributed by atoms with Crippen molar-refractivity contribution in [3.05, 3.63) is 46.6 Å². The molecule has 86 valence electrons. The minimum Gasteiger partial charge on any atom is -0.305 e. The molecule has 0 fully saturated rings. The molecule has 0 aliphatic heterocycles. The summed E-state index contributed by atoms with van der Waals surface area (Å²) in [7, 11) is 0. The highest BCUT2D eigenvalue weighted by molar-refractivity contribution is 5.89. The summed E-state index contributed by atoms with van der Waals surface area (Å²) in [5, 5.41) is 0. The van der Waals surface area contributed by atoms with E-state index in [4.69, 9.17) is 0 Å². The second-order valence-electron chi connectivity index (χ2n) is 4.51. The van der Waals surface area contributed by atoms with E-state index in [1.54, 1.807) is 10.6 Å². The maximum atomic E-state index is 11.8. The van der Waals surface area contributed by atoms with E-state index in [-0.39, 0.29) is 5.69 Å². The molecule has 4 nitrogen and oxygen atoms in total. The van der Waals surface area contributed by atoms with Crippen molar-refractivity contribution in [1.82, 2.24) is 14.4 Å². The fourth-order valence-corrected chi connectivity index (χ4v) is 2.02. The second kappa shape index (κ2) is 3.45. The van der Waals surface area contributed by atoms with Gasteiger partial charge in [0.25, 0.3) is 0 Å². The Kier molecular flexibility index (Phi) is 2.04. The molecule has 3 aromatic rings. The van der Waals surface area contributed by atoms with Gasteiger partial charge in [-0.3, -0.25) is 9.38 Å². The van der Waals surface area contributed by atoms with Crippen LogP contribution in [0.1, 0.15) is 25.3 Å². The zero-order valence-electron chi connectivity index (χ0n) is 9.77. The maximum absolute atomic E-state index is 11.8. The number of hydrogen-bond acceptors (Lipinski definition) is 2. The van der Waals surface area contributed by atoms with Crippen molar-refractivity contribution in [1.29, 1.82) is 0 Å². The van der Waals surface area contributed by atoms with Crippen LogP contribution in [0.25, 0.3) is 16.6 Å². The van der Waals surface area contributed by atoms with Crippen molar-refractivity contribution in [2.75, 3.05) is 0 Å². The van der Waals surface area contributed by atoms with E-state index in [1.807, 2.05) is 24.4 Å². The van der Waals surface area contributed by atoms with Crippen molar-refractivity contribution in [2.45, 2.75) is 19.8 Å². The number of rotatable bonds is 1. The van der Waals surface area contributed by atoms with E-state index >= 15 is 0 Å². The Labute approximate surface area is 97.9 Å². The number of nitrogens with one attached hydrogen (secondary N) is 1. The molecule has 0 aliphatic carbocycles. The molecule has 4 heteroatoms. The first-order chi connectivity index (χ1) is 8.16. The fourth-order valence-electron chi connectivity index (χ4n) is 2.02.